The van der Waals surface area contributed by atoms with Crippen LogP contribution in [0.1, 0.15) is 6.92 Å². The van der Waals surface area contributed by atoms with Gasteiger partial charge in [-0.15, -0.1) is 11.3 Å². The first-order chi connectivity index (χ1) is 13.2. The predicted molar refractivity (Wildman–Crippen MR) is 106 cm³/mol. The summed E-state index contributed by atoms with van der Waals surface area (Å²) in [6.45, 7) is 2.40. The van der Waals surface area contributed by atoms with Crippen LogP contribution in [-0.2, 0) is 17.9 Å². The lowest BCUT2D eigenvalue weighted by Crippen LogP contribution is -2.29. The van der Waals surface area contributed by atoms with Crippen LogP contribution in [0.4, 0.5) is 5.13 Å². The third kappa shape index (κ3) is 3.26. The average molecular weight is 379 g/mol. The van der Waals surface area contributed by atoms with Crippen LogP contribution >= 0.6 is 11.3 Å². The lowest BCUT2D eigenvalue weighted by molar-refractivity contribution is -0.116. The number of hydrogen-bond acceptors (Lipinski definition) is 5. The van der Waals surface area contributed by atoms with Gasteiger partial charge in [-0.25, -0.2) is 9.78 Å². The van der Waals surface area contributed by atoms with Crippen molar-refractivity contribution in [3.05, 3.63) is 64.7 Å². The van der Waals surface area contributed by atoms with Gasteiger partial charge in [0.25, 0.3) is 0 Å². The largest absolute Gasteiger partial charge is 0.329 e. The Kier molecular flexibility index (Phi) is 4.55. The van der Waals surface area contributed by atoms with Crippen LogP contribution in [0.25, 0.3) is 22.3 Å². The van der Waals surface area contributed by atoms with Crippen molar-refractivity contribution in [1.29, 1.82) is 0 Å². The highest BCUT2D eigenvalue weighted by atomic mass is 32.1. The Morgan fingerprint density at radius 3 is 2.63 bits per heavy atom. The first kappa shape index (κ1) is 17.2. The minimum atomic E-state index is -0.289. The van der Waals surface area contributed by atoms with Crippen molar-refractivity contribution in [2.75, 3.05) is 5.32 Å². The van der Waals surface area contributed by atoms with Gasteiger partial charge < -0.3 is 5.32 Å². The Hall–Kier alpha value is -3.26. The van der Waals surface area contributed by atoms with Gasteiger partial charge >= 0.3 is 5.69 Å². The number of benzene rings is 1. The predicted octanol–water partition coefficient (Wildman–Crippen LogP) is 2.98. The highest BCUT2D eigenvalue weighted by Crippen LogP contribution is 2.24. The van der Waals surface area contributed by atoms with E-state index in [4.69, 9.17) is 0 Å². The van der Waals surface area contributed by atoms with E-state index in [1.165, 1.54) is 15.9 Å². The third-order valence-electron chi connectivity index (χ3n) is 4.25. The first-order valence-corrected chi connectivity index (χ1v) is 9.39. The van der Waals surface area contributed by atoms with Crippen LogP contribution in [-0.4, -0.2) is 25.0 Å². The molecular formula is C19H17N5O2S. The van der Waals surface area contributed by atoms with Crippen LogP contribution in [0.3, 0.4) is 0 Å². The number of imidazole rings is 1. The van der Waals surface area contributed by atoms with Gasteiger partial charge in [0.15, 0.2) is 5.13 Å². The molecule has 8 heteroatoms. The van der Waals surface area contributed by atoms with Crippen molar-refractivity contribution in [3.8, 4) is 11.3 Å². The summed E-state index contributed by atoms with van der Waals surface area (Å²) in [7, 11) is 0. The number of fused-ring (bicyclic) bond motifs is 1. The summed E-state index contributed by atoms with van der Waals surface area (Å²) >= 11 is 1.34. The van der Waals surface area contributed by atoms with Crippen LogP contribution < -0.4 is 11.0 Å². The molecule has 0 spiro atoms. The maximum atomic E-state index is 12.6. The normalized spacial score (nSPS) is 11.0. The fourth-order valence-corrected chi connectivity index (χ4v) is 3.75. The second-order valence-electron chi connectivity index (χ2n) is 5.93. The lowest BCUT2D eigenvalue weighted by atomic mass is 10.2. The molecule has 4 rings (SSSR count). The van der Waals surface area contributed by atoms with Crippen molar-refractivity contribution in [2.24, 2.45) is 0 Å². The molecule has 0 unspecified atom stereocenters. The summed E-state index contributed by atoms with van der Waals surface area (Å²) in [5.74, 6) is -0.289. The van der Waals surface area contributed by atoms with Crippen LogP contribution in [0.5, 0.6) is 0 Å². The molecule has 3 heterocycles. The number of aromatic nitrogens is 4. The number of carbonyl (C=O) groups excluding carboxylic acids is 1. The Morgan fingerprint density at radius 2 is 1.93 bits per heavy atom. The third-order valence-corrected chi connectivity index (χ3v) is 5.01. The van der Waals surface area contributed by atoms with E-state index in [1.807, 2.05) is 48.7 Å². The van der Waals surface area contributed by atoms with Crippen molar-refractivity contribution in [3.63, 3.8) is 0 Å². The molecule has 7 nitrogen and oxygen atoms in total. The molecule has 3 aromatic heterocycles. The number of thiazole rings is 1. The number of rotatable bonds is 5. The number of hydrogen-bond donors (Lipinski definition) is 1. The molecule has 0 aliphatic carbocycles. The highest BCUT2D eigenvalue weighted by molar-refractivity contribution is 7.14. The zero-order valence-electron chi connectivity index (χ0n) is 14.6. The maximum absolute atomic E-state index is 12.6. The van der Waals surface area contributed by atoms with E-state index in [0.29, 0.717) is 11.7 Å². The SMILES string of the molecule is CCn1c(=O)n(CC(=O)Nc2nc(-c3cccnc3)cs2)c2ccccc21. The fraction of sp³-hybridized carbons (Fsp3) is 0.158. The fourth-order valence-electron chi connectivity index (χ4n) is 3.01. The standard InChI is InChI=1S/C19H17N5O2S/c1-2-23-15-7-3-4-8-16(15)24(19(23)26)11-17(25)22-18-21-14(12-27-18)13-6-5-9-20-10-13/h3-10,12H,2,11H2,1H3,(H,21,22,25). The quantitative estimate of drug-likeness (QED) is 0.578. The van der Waals surface area contributed by atoms with Crippen LogP contribution in [0.2, 0.25) is 0 Å². The summed E-state index contributed by atoms with van der Waals surface area (Å²) in [6, 6.07) is 11.2. The molecular weight excluding hydrogens is 362 g/mol. The number of aryl methyl sites for hydroxylation is 1. The Bertz CT molecular complexity index is 1160. The molecule has 0 saturated heterocycles. The van der Waals surface area contributed by atoms with Crippen LogP contribution in [0.15, 0.2) is 59.0 Å². The summed E-state index contributed by atoms with van der Waals surface area (Å²) in [5, 5.41) is 5.13. The highest BCUT2D eigenvalue weighted by Gasteiger charge is 2.15. The van der Waals surface area contributed by atoms with Gasteiger partial charge in [-0.3, -0.25) is 18.9 Å². The Balaban J connectivity index is 1.56. The van der Waals surface area contributed by atoms with Gasteiger partial charge in [0.2, 0.25) is 5.91 Å². The monoisotopic (exact) mass is 379 g/mol. The Labute approximate surface area is 158 Å². The summed E-state index contributed by atoms with van der Waals surface area (Å²) in [4.78, 5) is 33.6. The average Bonchev–Trinajstić information content (AvgIpc) is 3.26. The van der Waals surface area contributed by atoms with Gasteiger partial charge in [0, 0.05) is 29.9 Å². The number of carbonyl (C=O) groups is 1. The maximum Gasteiger partial charge on any atom is 0.329 e. The zero-order valence-corrected chi connectivity index (χ0v) is 15.4. The molecule has 4 aromatic rings. The van der Waals surface area contributed by atoms with Gasteiger partial charge in [-0.1, -0.05) is 12.1 Å². The van der Waals surface area contributed by atoms with E-state index in [1.54, 1.807) is 17.0 Å². The molecule has 136 valence electrons. The van der Waals surface area contributed by atoms with E-state index in [9.17, 15) is 9.59 Å². The molecule has 0 saturated carbocycles. The number of anilines is 1. The van der Waals surface area contributed by atoms with E-state index >= 15 is 0 Å². The molecule has 0 fully saturated rings. The molecule has 1 N–H and O–H groups in total. The van der Waals surface area contributed by atoms with Gasteiger partial charge in [-0.2, -0.15) is 0 Å². The van der Waals surface area contributed by atoms with Crippen LogP contribution in [0, 0.1) is 0 Å². The molecule has 1 amide bonds. The van der Waals surface area contributed by atoms with Gasteiger partial charge in [0.1, 0.15) is 6.54 Å². The van der Waals surface area contributed by atoms with E-state index in [-0.39, 0.29) is 18.1 Å². The van der Waals surface area contributed by atoms with Gasteiger partial charge in [-0.05, 0) is 31.2 Å². The topological polar surface area (TPSA) is 81.8 Å². The number of amides is 1. The Morgan fingerprint density at radius 1 is 1.15 bits per heavy atom. The zero-order chi connectivity index (χ0) is 18.8. The van der Waals surface area contributed by atoms with Crippen molar-refractivity contribution >= 4 is 33.4 Å². The second kappa shape index (κ2) is 7.16. The molecule has 0 aliphatic heterocycles. The summed E-state index contributed by atoms with van der Waals surface area (Å²) < 4.78 is 3.15. The minimum Gasteiger partial charge on any atom is -0.300 e. The van der Waals surface area contributed by atoms with Crippen molar-refractivity contribution in [1.82, 2.24) is 19.1 Å². The van der Waals surface area contributed by atoms with Crippen molar-refractivity contribution < 1.29 is 4.79 Å². The smallest absolute Gasteiger partial charge is 0.300 e. The second-order valence-corrected chi connectivity index (χ2v) is 6.79. The number of pyridine rings is 1. The number of para-hydroxylation sites is 2. The molecule has 1 aromatic carbocycles. The summed E-state index contributed by atoms with van der Waals surface area (Å²) in [6.07, 6.45) is 3.42. The minimum absolute atomic E-state index is 0.0614. The van der Waals surface area contributed by atoms with E-state index < -0.39 is 0 Å². The summed E-state index contributed by atoms with van der Waals surface area (Å²) in [5.41, 5.74) is 3.02. The van der Waals surface area contributed by atoms with Crippen molar-refractivity contribution in [2.45, 2.75) is 20.0 Å². The van der Waals surface area contributed by atoms with Gasteiger partial charge in [0.05, 0.1) is 16.7 Å². The lowest BCUT2D eigenvalue weighted by Gasteiger charge is -2.03. The van der Waals surface area contributed by atoms with E-state index in [2.05, 4.69) is 15.3 Å². The molecule has 27 heavy (non-hydrogen) atoms. The molecule has 0 aliphatic rings. The number of nitrogens with zero attached hydrogens (tertiary/aromatic N) is 4. The molecule has 0 atom stereocenters. The van der Waals surface area contributed by atoms with E-state index in [0.717, 1.165) is 22.3 Å². The molecule has 0 bridgehead atoms. The first-order valence-electron chi connectivity index (χ1n) is 8.51. The number of nitrogens with one attached hydrogen (secondary N) is 1. The molecule has 0 radical (unpaired) electrons.